The summed E-state index contributed by atoms with van der Waals surface area (Å²) in [6.07, 6.45) is -2.77. The Balaban J connectivity index is 1.81. The number of imidazole rings is 1. The van der Waals surface area contributed by atoms with Gasteiger partial charge in [-0.3, -0.25) is 14.3 Å². The van der Waals surface area contributed by atoms with Crippen molar-refractivity contribution in [2.75, 3.05) is 18.9 Å². The zero-order valence-electron chi connectivity index (χ0n) is 16.5. The van der Waals surface area contributed by atoms with E-state index >= 15 is 0 Å². The fraction of sp³-hybridized carbons (Fsp3) is 0.444. The Hall–Kier alpha value is -3.00. The summed E-state index contributed by atoms with van der Waals surface area (Å²) in [5.74, 6) is -0.681. The smallest absolute Gasteiger partial charge is 0.338 e. The van der Waals surface area contributed by atoms with Crippen LogP contribution in [0.3, 0.4) is 0 Å². The van der Waals surface area contributed by atoms with Crippen molar-refractivity contribution in [2.45, 2.75) is 38.3 Å². The zero-order valence-corrected chi connectivity index (χ0v) is 17.3. The first-order valence-corrected chi connectivity index (χ1v) is 10.4. The minimum absolute atomic E-state index is 0.0205. The molecule has 1 fully saturated rings. The van der Waals surface area contributed by atoms with Crippen LogP contribution in [0.5, 0.6) is 0 Å². The molecule has 12 nitrogen and oxygen atoms in total. The number of thiophene rings is 1. The molecule has 0 amide bonds. The van der Waals surface area contributed by atoms with E-state index in [0.29, 0.717) is 10.4 Å². The number of aromatic nitrogens is 4. The number of anilines is 1. The Kier molecular flexibility index (Phi) is 5.66. The lowest BCUT2D eigenvalue weighted by molar-refractivity contribution is -0.0505. The largest absolute Gasteiger partial charge is 0.462 e. The van der Waals surface area contributed by atoms with Crippen LogP contribution in [0.15, 0.2) is 21.0 Å². The number of nitrogens with zero attached hydrogens (tertiary/aromatic N) is 3. The van der Waals surface area contributed by atoms with E-state index in [-0.39, 0.29) is 43.3 Å². The molecular formula is C18H21N5O7S. The number of carbonyl (C=O) groups excluding carboxylic acids is 1. The van der Waals surface area contributed by atoms with Crippen molar-refractivity contribution in [3.8, 4) is 0 Å². The Bertz CT molecular complexity index is 1240. The quantitative estimate of drug-likeness (QED) is 0.356. The lowest BCUT2D eigenvalue weighted by Crippen LogP contribution is -2.32. The molecule has 3 aromatic rings. The normalized spacial score (nSPS) is 21.1. The van der Waals surface area contributed by atoms with Crippen LogP contribution >= 0.6 is 11.3 Å². The van der Waals surface area contributed by atoms with E-state index in [9.17, 15) is 24.6 Å². The molecule has 3 atom stereocenters. The van der Waals surface area contributed by atoms with E-state index in [1.54, 1.807) is 18.4 Å². The number of aliphatic hydroxyl groups is 2. The maximum absolute atomic E-state index is 13.3. The van der Waals surface area contributed by atoms with Crippen molar-refractivity contribution in [1.29, 1.82) is 0 Å². The van der Waals surface area contributed by atoms with Gasteiger partial charge in [0.2, 0.25) is 5.95 Å². The van der Waals surface area contributed by atoms with Crippen molar-refractivity contribution in [3.05, 3.63) is 42.7 Å². The van der Waals surface area contributed by atoms with Gasteiger partial charge in [-0.1, -0.05) is 0 Å². The van der Waals surface area contributed by atoms with Crippen LogP contribution < -0.4 is 17.0 Å². The summed E-state index contributed by atoms with van der Waals surface area (Å²) >= 11 is 1.23. The number of hydrogen-bond acceptors (Lipinski definition) is 10. The third-order valence-corrected chi connectivity index (χ3v) is 5.85. The summed E-state index contributed by atoms with van der Waals surface area (Å²) in [7, 11) is 0. The predicted molar refractivity (Wildman–Crippen MR) is 110 cm³/mol. The monoisotopic (exact) mass is 451 g/mol. The van der Waals surface area contributed by atoms with Gasteiger partial charge in [-0.2, -0.15) is 4.98 Å². The first-order chi connectivity index (χ1) is 14.8. The second-order valence-electron chi connectivity index (χ2n) is 7.02. The minimum atomic E-state index is -1.14. The Morgan fingerprint density at radius 2 is 2.26 bits per heavy atom. The number of nitrogens with one attached hydrogen (secondary N) is 1. The average molecular weight is 451 g/mol. The summed E-state index contributed by atoms with van der Waals surface area (Å²) < 4.78 is 12.8. The molecule has 4 heterocycles. The Morgan fingerprint density at radius 1 is 1.48 bits per heavy atom. The van der Waals surface area contributed by atoms with Crippen LogP contribution in [0.4, 0.5) is 5.95 Å². The fourth-order valence-corrected chi connectivity index (χ4v) is 4.44. The van der Waals surface area contributed by atoms with Crippen molar-refractivity contribution < 1.29 is 24.5 Å². The van der Waals surface area contributed by atoms with Gasteiger partial charge in [-0.25, -0.2) is 14.2 Å². The third-order valence-electron chi connectivity index (χ3n) is 4.93. The van der Waals surface area contributed by atoms with Crippen molar-refractivity contribution in [3.63, 3.8) is 0 Å². The fourth-order valence-electron chi connectivity index (χ4n) is 3.60. The first kappa shape index (κ1) is 21.2. The van der Waals surface area contributed by atoms with Crippen LogP contribution in [-0.2, 0) is 16.0 Å². The molecule has 31 heavy (non-hydrogen) atoms. The molecule has 0 spiro atoms. The molecule has 0 radical (unpaired) electrons. The van der Waals surface area contributed by atoms with Gasteiger partial charge in [0.15, 0.2) is 17.4 Å². The number of aromatic amines is 1. The first-order valence-electron chi connectivity index (χ1n) is 9.53. The molecule has 4 rings (SSSR count). The molecule has 3 aromatic heterocycles. The SMILES string of the molecule is CCOC(=O)c1csc(Cn2c(=O)n([C@@H]3O[C@H](CO)C[C@H]3O)c3nc(N)[nH]c(=O)c32)c1. The van der Waals surface area contributed by atoms with Gasteiger partial charge in [0, 0.05) is 16.7 Å². The molecule has 166 valence electrons. The maximum atomic E-state index is 13.3. The summed E-state index contributed by atoms with van der Waals surface area (Å²) in [5, 5.41) is 21.3. The molecule has 0 aromatic carbocycles. The van der Waals surface area contributed by atoms with Crippen LogP contribution in [0.25, 0.3) is 11.2 Å². The molecule has 1 aliphatic heterocycles. The lowest BCUT2D eigenvalue weighted by Gasteiger charge is -2.15. The van der Waals surface area contributed by atoms with E-state index in [1.165, 1.54) is 15.9 Å². The highest BCUT2D eigenvalue weighted by molar-refractivity contribution is 7.10. The zero-order chi connectivity index (χ0) is 22.3. The summed E-state index contributed by atoms with van der Waals surface area (Å²) in [6.45, 7) is 1.58. The van der Waals surface area contributed by atoms with Crippen molar-refractivity contribution in [1.82, 2.24) is 19.1 Å². The molecule has 0 unspecified atom stereocenters. The van der Waals surface area contributed by atoms with Crippen LogP contribution in [0.2, 0.25) is 0 Å². The molecule has 0 bridgehead atoms. The molecular weight excluding hydrogens is 430 g/mol. The van der Waals surface area contributed by atoms with Crippen molar-refractivity contribution >= 4 is 34.4 Å². The van der Waals surface area contributed by atoms with Gasteiger partial charge >= 0.3 is 11.7 Å². The second kappa shape index (κ2) is 8.26. The van der Waals surface area contributed by atoms with E-state index < -0.39 is 35.7 Å². The maximum Gasteiger partial charge on any atom is 0.338 e. The summed E-state index contributed by atoms with van der Waals surface area (Å²) in [5.41, 5.74) is 4.64. The molecule has 1 saturated heterocycles. The third kappa shape index (κ3) is 3.76. The Morgan fingerprint density at radius 3 is 2.94 bits per heavy atom. The van der Waals surface area contributed by atoms with E-state index in [4.69, 9.17) is 15.2 Å². The van der Waals surface area contributed by atoms with E-state index in [0.717, 1.165) is 4.57 Å². The van der Waals surface area contributed by atoms with Gasteiger partial charge in [0.25, 0.3) is 5.56 Å². The molecule has 0 aliphatic carbocycles. The number of esters is 1. The standard InChI is InChI=1S/C18H21N5O7S/c1-2-29-16(27)8-3-10(31-7-8)5-22-12-13(20-17(19)21-14(12)26)23(18(22)28)15-11(25)4-9(6-24)30-15/h3,7,9,11,15,24-25H,2,4-6H2,1H3,(H3,19,20,21,26)/t9-,11+,15+/m0/s1. The van der Waals surface area contributed by atoms with E-state index in [1.807, 2.05) is 0 Å². The Labute approximate surface area is 178 Å². The van der Waals surface area contributed by atoms with Crippen LogP contribution in [-0.4, -0.2) is 60.7 Å². The summed E-state index contributed by atoms with van der Waals surface area (Å²) in [4.78, 5) is 44.9. The molecule has 0 saturated carbocycles. The minimum Gasteiger partial charge on any atom is -0.462 e. The van der Waals surface area contributed by atoms with Gasteiger partial charge in [0.1, 0.15) is 6.10 Å². The molecule has 13 heteroatoms. The number of hydrogen-bond donors (Lipinski definition) is 4. The summed E-state index contributed by atoms with van der Waals surface area (Å²) in [6, 6.07) is 1.58. The second-order valence-corrected chi connectivity index (χ2v) is 8.01. The highest BCUT2D eigenvalue weighted by Crippen LogP contribution is 2.30. The number of fused-ring (bicyclic) bond motifs is 1. The number of ether oxygens (including phenoxy) is 2. The topological polar surface area (TPSA) is 175 Å². The number of rotatable bonds is 6. The van der Waals surface area contributed by atoms with E-state index in [2.05, 4.69) is 9.97 Å². The van der Waals surface area contributed by atoms with Gasteiger partial charge < -0.3 is 25.4 Å². The van der Waals surface area contributed by atoms with Crippen molar-refractivity contribution in [2.24, 2.45) is 0 Å². The van der Waals surface area contributed by atoms with Crippen LogP contribution in [0, 0.1) is 0 Å². The number of nitrogen functional groups attached to an aromatic ring is 1. The highest BCUT2D eigenvalue weighted by atomic mass is 32.1. The molecule has 1 aliphatic rings. The average Bonchev–Trinajstić information content (AvgIpc) is 3.39. The van der Waals surface area contributed by atoms with Crippen LogP contribution in [0.1, 0.15) is 34.8 Å². The number of nitrogens with two attached hydrogens (primary N) is 1. The molecule has 5 N–H and O–H groups in total. The number of carbonyl (C=O) groups is 1. The number of H-pyrrole nitrogens is 1. The van der Waals surface area contributed by atoms with Gasteiger partial charge in [-0.05, 0) is 13.0 Å². The highest BCUT2D eigenvalue weighted by Gasteiger charge is 2.38. The van der Waals surface area contributed by atoms with Gasteiger partial charge in [0.05, 0.1) is 31.4 Å². The van der Waals surface area contributed by atoms with Gasteiger partial charge in [-0.15, -0.1) is 11.3 Å². The number of aliphatic hydroxyl groups excluding tert-OH is 2. The predicted octanol–water partition coefficient (Wildman–Crippen LogP) is -0.604. The lowest BCUT2D eigenvalue weighted by atomic mass is 10.2.